The number of hydrogen-bond donors (Lipinski definition) is 1. The molecular weight excluding hydrogens is 254 g/mol. The van der Waals surface area contributed by atoms with Crippen LogP contribution in [0.5, 0.6) is 0 Å². The average Bonchev–Trinajstić information content (AvgIpc) is 2.80. The summed E-state index contributed by atoms with van der Waals surface area (Å²) in [7, 11) is 1.64. The Bertz CT molecular complexity index is 542. The van der Waals surface area contributed by atoms with Crippen LogP contribution in [-0.4, -0.2) is 33.4 Å². The smallest absolute Gasteiger partial charge is 0.183 e. The predicted molar refractivity (Wildman–Crippen MR) is 69.1 cm³/mol. The van der Waals surface area contributed by atoms with Crippen LogP contribution in [0.25, 0.3) is 11.4 Å². The zero-order chi connectivity index (χ0) is 13.1. The van der Waals surface area contributed by atoms with Crippen molar-refractivity contribution in [2.24, 2.45) is 0 Å². The molecule has 6 nitrogen and oxygen atoms in total. The number of nitrogens with zero attached hydrogens (tertiary/aromatic N) is 4. The Kier molecular flexibility index (Phi) is 3.78. The highest BCUT2D eigenvalue weighted by Crippen LogP contribution is 2.27. The predicted octanol–water partition coefficient (Wildman–Crippen LogP) is 1.61. The van der Waals surface area contributed by atoms with Crippen molar-refractivity contribution in [3.05, 3.63) is 23.2 Å². The van der Waals surface area contributed by atoms with E-state index < -0.39 is 0 Å². The molecule has 96 valence electrons. The van der Waals surface area contributed by atoms with Gasteiger partial charge in [0.05, 0.1) is 17.7 Å². The van der Waals surface area contributed by atoms with Gasteiger partial charge in [0, 0.05) is 18.4 Å². The molecule has 0 fully saturated rings. The van der Waals surface area contributed by atoms with Crippen LogP contribution < -0.4 is 5.73 Å². The minimum Gasteiger partial charge on any atom is -0.399 e. The number of methoxy groups -OCH3 is 1. The van der Waals surface area contributed by atoms with Gasteiger partial charge in [-0.15, -0.1) is 5.10 Å². The van der Waals surface area contributed by atoms with Gasteiger partial charge in [-0.25, -0.2) is 4.68 Å². The van der Waals surface area contributed by atoms with E-state index in [1.807, 2.05) is 6.92 Å². The lowest BCUT2D eigenvalue weighted by Gasteiger charge is -2.11. The second-order valence-corrected chi connectivity index (χ2v) is 4.38. The Hall–Kier alpha value is -1.66. The van der Waals surface area contributed by atoms with E-state index in [0.29, 0.717) is 28.6 Å². The van der Waals surface area contributed by atoms with Crippen LogP contribution in [0.3, 0.4) is 0 Å². The zero-order valence-corrected chi connectivity index (χ0v) is 10.9. The molecule has 0 saturated heterocycles. The third kappa shape index (κ3) is 2.60. The molecule has 0 saturated carbocycles. The normalized spacial score (nSPS) is 12.6. The number of nitrogen functional groups attached to an aromatic ring is 1. The maximum absolute atomic E-state index is 6.13. The van der Waals surface area contributed by atoms with E-state index in [2.05, 4.69) is 15.5 Å². The molecule has 0 spiro atoms. The summed E-state index contributed by atoms with van der Waals surface area (Å²) in [5.41, 5.74) is 7.08. The summed E-state index contributed by atoms with van der Waals surface area (Å²) >= 11 is 6.13. The number of halogens is 1. The van der Waals surface area contributed by atoms with Crippen LogP contribution in [0.15, 0.2) is 18.2 Å². The van der Waals surface area contributed by atoms with Crippen molar-refractivity contribution in [2.45, 2.75) is 19.6 Å². The first-order valence-electron chi connectivity index (χ1n) is 5.46. The molecule has 1 atom stereocenters. The van der Waals surface area contributed by atoms with Crippen molar-refractivity contribution >= 4 is 17.3 Å². The molecule has 0 bridgehead atoms. The first-order chi connectivity index (χ1) is 8.61. The number of benzene rings is 1. The van der Waals surface area contributed by atoms with Gasteiger partial charge in [0.25, 0.3) is 0 Å². The van der Waals surface area contributed by atoms with Crippen molar-refractivity contribution in [1.82, 2.24) is 20.2 Å². The molecule has 18 heavy (non-hydrogen) atoms. The minimum absolute atomic E-state index is 0.00656. The maximum atomic E-state index is 6.13. The number of tetrazole rings is 1. The molecule has 2 rings (SSSR count). The second-order valence-electron chi connectivity index (χ2n) is 3.97. The molecule has 0 aliphatic heterocycles. The Morgan fingerprint density at radius 2 is 2.28 bits per heavy atom. The highest BCUT2D eigenvalue weighted by atomic mass is 35.5. The van der Waals surface area contributed by atoms with E-state index >= 15 is 0 Å². The monoisotopic (exact) mass is 267 g/mol. The Labute approximate surface area is 110 Å². The van der Waals surface area contributed by atoms with Crippen molar-refractivity contribution in [1.29, 1.82) is 0 Å². The van der Waals surface area contributed by atoms with Gasteiger partial charge in [-0.2, -0.15) is 0 Å². The van der Waals surface area contributed by atoms with Crippen LogP contribution >= 0.6 is 11.6 Å². The summed E-state index contributed by atoms with van der Waals surface area (Å²) < 4.78 is 6.84. The summed E-state index contributed by atoms with van der Waals surface area (Å²) in [4.78, 5) is 0. The number of hydrogen-bond acceptors (Lipinski definition) is 5. The number of anilines is 1. The van der Waals surface area contributed by atoms with Crippen LogP contribution in [-0.2, 0) is 11.3 Å². The van der Waals surface area contributed by atoms with E-state index in [0.717, 1.165) is 0 Å². The molecule has 2 N–H and O–H groups in total. The van der Waals surface area contributed by atoms with Crippen LogP contribution in [0, 0.1) is 0 Å². The van der Waals surface area contributed by atoms with Crippen LogP contribution in [0.2, 0.25) is 5.02 Å². The lowest BCUT2D eigenvalue weighted by molar-refractivity contribution is 0.0997. The summed E-state index contributed by atoms with van der Waals surface area (Å²) in [6.07, 6.45) is 0.00656. The average molecular weight is 268 g/mol. The van der Waals surface area contributed by atoms with Crippen molar-refractivity contribution < 1.29 is 4.74 Å². The van der Waals surface area contributed by atoms with Crippen LogP contribution in [0.1, 0.15) is 6.92 Å². The summed E-state index contributed by atoms with van der Waals surface area (Å²) in [5.74, 6) is 0.580. The molecule has 1 aromatic heterocycles. The molecule has 0 aliphatic rings. The van der Waals surface area contributed by atoms with E-state index in [4.69, 9.17) is 22.1 Å². The largest absolute Gasteiger partial charge is 0.399 e. The molecule has 1 heterocycles. The molecule has 1 aromatic carbocycles. The summed E-state index contributed by atoms with van der Waals surface area (Å²) in [6.45, 7) is 2.48. The maximum Gasteiger partial charge on any atom is 0.183 e. The zero-order valence-electron chi connectivity index (χ0n) is 10.2. The SMILES string of the molecule is COC(C)Cn1nnnc1-c1cc(N)ccc1Cl. The first kappa shape index (κ1) is 12.8. The molecule has 0 amide bonds. The Morgan fingerprint density at radius 1 is 1.50 bits per heavy atom. The van der Waals surface area contributed by atoms with Gasteiger partial charge in [-0.1, -0.05) is 11.6 Å². The van der Waals surface area contributed by atoms with Gasteiger partial charge in [0.2, 0.25) is 0 Å². The topological polar surface area (TPSA) is 78.8 Å². The fourth-order valence-electron chi connectivity index (χ4n) is 1.55. The fourth-order valence-corrected chi connectivity index (χ4v) is 1.75. The fraction of sp³-hybridized carbons (Fsp3) is 0.364. The Morgan fingerprint density at radius 3 is 3.00 bits per heavy atom. The van der Waals surface area contributed by atoms with E-state index in [1.165, 1.54) is 0 Å². The molecule has 0 aliphatic carbocycles. The van der Waals surface area contributed by atoms with E-state index in [-0.39, 0.29) is 6.10 Å². The minimum atomic E-state index is 0.00656. The van der Waals surface area contributed by atoms with Gasteiger partial charge in [0.1, 0.15) is 0 Å². The lowest BCUT2D eigenvalue weighted by Crippen LogP contribution is -2.16. The van der Waals surface area contributed by atoms with E-state index in [1.54, 1.807) is 30.0 Å². The third-order valence-electron chi connectivity index (χ3n) is 2.60. The first-order valence-corrected chi connectivity index (χ1v) is 5.84. The van der Waals surface area contributed by atoms with Gasteiger partial charge in [-0.3, -0.25) is 0 Å². The van der Waals surface area contributed by atoms with Gasteiger partial charge in [0.15, 0.2) is 5.82 Å². The van der Waals surface area contributed by atoms with Gasteiger partial charge in [-0.05, 0) is 35.5 Å². The highest BCUT2D eigenvalue weighted by molar-refractivity contribution is 6.33. The van der Waals surface area contributed by atoms with Crippen LogP contribution in [0.4, 0.5) is 5.69 Å². The standard InChI is InChI=1S/C11H14ClN5O/c1-7(18-2)6-17-11(14-15-16-17)9-5-8(13)3-4-10(9)12/h3-5,7H,6,13H2,1-2H3. The number of nitrogens with two attached hydrogens (primary N) is 1. The third-order valence-corrected chi connectivity index (χ3v) is 2.93. The molecule has 0 radical (unpaired) electrons. The number of ether oxygens (including phenoxy) is 1. The quantitative estimate of drug-likeness (QED) is 0.852. The van der Waals surface area contributed by atoms with Crippen molar-refractivity contribution in [3.63, 3.8) is 0 Å². The number of rotatable bonds is 4. The highest BCUT2D eigenvalue weighted by Gasteiger charge is 2.14. The van der Waals surface area contributed by atoms with Gasteiger partial charge >= 0.3 is 0 Å². The second kappa shape index (κ2) is 5.32. The summed E-state index contributed by atoms with van der Waals surface area (Å²) in [5, 5.41) is 12.1. The van der Waals surface area contributed by atoms with Gasteiger partial charge < -0.3 is 10.5 Å². The summed E-state index contributed by atoms with van der Waals surface area (Å²) in [6, 6.07) is 5.21. The Balaban J connectivity index is 2.39. The van der Waals surface area contributed by atoms with Crippen molar-refractivity contribution in [2.75, 3.05) is 12.8 Å². The molecule has 2 aromatic rings. The molecule has 1 unspecified atom stereocenters. The number of aromatic nitrogens is 4. The van der Waals surface area contributed by atoms with Crippen molar-refractivity contribution in [3.8, 4) is 11.4 Å². The molecular formula is C11H14ClN5O. The van der Waals surface area contributed by atoms with E-state index in [9.17, 15) is 0 Å². The lowest BCUT2D eigenvalue weighted by atomic mass is 10.2. The molecule has 7 heteroatoms.